The number of carbonyl (C=O) groups excluding carboxylic acids is 2. The molecule has 8 N–H and O–H groups in total. The summed E-state index contributed by atoms with van der Waals surface area (Å²) in [4.78, 5) is 48.2. The molecule has 0 saturated heterocycles. The summed E-state index contributed by atoms with van der Waals surface area (Å²) in [5, 5.41) is 50.5. The number of fused-ring (bicyclic) bond motifs is 2. The minimum atomic E-state index is -1.16. The molecule has 0 spiro atoms. The van der Waals surface area contributed by atoms with Crippen LogP contribution in [0.15, 0.2) is 94.3 Å². The number of carboxylic acids is 1. The summed E-state index contributed by atoms with van der Waals surface area (Å²) in [6, 6.07) is 20.9. The smallest absolute Gasteiger partial charge is 0.336 e. The van der Waals surface area contributed by atoms with Crippen molar-refractivity contribution in [2.24, 2.45) is 0 Å². The van der Waals surface area contributed by atoms with E-state index < -0.39 is 11.9 Å². The van der Waals surface area contributed by atoms with Gasteiger partial charge < -0.3 is 35.9 Å². The van der Waals surface area contributed by atoms with E-state index >= 15 is 0 Å². The Balaban J connectivity index is 0.948. The van der Waals surface area contributed by atoms with Gasteiger partial charge in [-0.05, 0) is 97.7 Å². The van der Waals surface area contributed by atoms with Crippen LogP contribution in [0.2, 0.25) is 0 Å². The van der Waals surface area contributed by atoms with Crippen LogP contribution in [-0.2, 0) is 17.9 Å². The number of anilines is 2. The lowest BCUT2D eigenvalue weighted by Gasteiger charge is -2.18. The van der Waals surface area contributed by atoms with E-state index in [1.165, 1.54) is 30.3 Å². The number of amides is 2. The maximum atomic E-state index is 12.6. The molecule has 3 aromatic carbocycles. The number of hydroxylamine groups is 1. The van der Waals surface area contributed by atoms with E-state index in [-0.39, 0.29) is 34.8 Å². The van der Waals surface area contributed by atoms with E-state index in [2.05, 4.69) is 31.6 Å². The van der Waals surface area contributed by atoms with Gasteiger partial charge in [-0.1, -0.05) is 24.1 Å². The van der Waals surface area contributed by atoms with E-state index in [1.54, 1.807) is 46.6 Å². The SMILES string of the molecule is O=C(CCCCCCNC(=O)c1ccc(NCc2cn(CCCNC(=S)Nc3ccc(-c4c5ccc(=O)cc-5oc5cc(O)ccc45)c(C(=O)O)c3)nn2)cc1)NO. The van der Waals surface area contributed by atoms with Gasteiger partial charge in [-0.15, -0.1) is 5.10 Å². The first-order valence-electron chi connectivity index (χ1n) is 18.6. The van der Waals surface area contributed by atoms with Crippen LogP contribution >= 0.6 is 12.2 Å². The van der Waals surface area contributed by atoms with Crippen molar-refractivity contribution in [1.82, 2.24) is 31.1 Å². The molecule has 0 atom stereocenters. The fraction of sp³-hybridized carbons (Fsp3) is 0.244. The van der Waals surface area contributed by atoms with Gasteiger partial charge >= 0.3 is 5.97 Å². The molecule has 1 aliphatic heterocycles. The molecular formula is C41H42N8O8S. The number of hydrogen-bond donors (Lipinski definition) is 8. The number of hydrogen-bond acceptors (Lipinski definition) is 11. The molecule has 2 amide bonds. The quantitative estimate of drug-likeness (QED) is 0.0170. The van der Waals surface area contributed by atoms with Gasteiger partial charge in [0, 0.05) is 71.6 Å². The molecule has 0 unspecified atom stereocenters. The summed E-state index contributed by atoms with van der Waals surface area (Å²) >= 11 is 5.49. The second kappa shape index (κ2) is 19.3. The van der Waals surface area contributed by atoms with Crippen LogP contribution in [0.5, 0.6) is 5.75 Å². The van der Waals surface area contributed by atoms with Crippen molar-refractivity contribution in [2.45, 2.75) is 51.6 Å². The topological polar surface area (TPSA) is 233 Å². The van der Waals surface area contributed by atoms with Gasteiger partial charge in [0.2, 0.25) is 5.91 Å². The van der Waals surface area contributed by atoms with Gasteiger partial charge in [0.15, 0.2) is 10.5 Å². The van der Waals surface area contributed by atoms with E-state index in [4.69, 9.17) is 21.8 Å². The number of thiocarbonyl (C=S) groups is 1. The summed E-state index contributed by atoms with van der Waals surface area (Å²) in [5.41, 5.74) is 5.73. The van der Waals surface area contributed by atoms with E-state index in [1.807, 2.05) is 18.3 Å². The van der Waals surface area contributed by atoms with Crippen molar-refractivity contribution >= 4 is 57.5 Å². The lowest BCUT2D eigenvalue weighted by molar-refractivity contribution is -0.129. The molecule has 0 fully saturated rings. The molecule has 0 saturated carbocycles. The van der Waals surface area contributed by atoms with E-state index in [0.717, 1.165) is 30.6 Å². The zero-order valence-corrected chi connectivity index (χ0v) is 32.1. The number of aryl methyl sites for hydroxylation is 1. The van der Waals surface area contributed by atoms with Crippen LogP contribution in [0.4, 0.5) is 11.4 Å². The van der Waals surface area contributed by atoms with Gasteiger partial charge in [-0.2, -0.15) is 0 Å². The average Bonchev–Trinajstić information content (AvgIpc) is 3.68. The number of aromatic carboxylic acids is 1. The number of aromatic hydroxyl groups is 1. The monoisotopic (exact) mass is 806 g/mol. The molecule has 58 heavy (non-hydrogen) atoms. The highest BCUT2D eigenvalue weighted by atomic mass is 32.1. The summed E-state index contributed by atoms with van der Waals surface area (Å²) in [6.45, 7) is 2.05. The summed E-state index contributed by atoms with van der Waals surface area (Å²) in [7, 11) is 0. The van der Waals surface area contributed by atoms with Gasteiger partial charge in [-0.3, -0.25) is 24.3 Å². The van der Waals surface area contributed by atoms with Crippen LogP contribution in [0.3, 0.4) is 0 Å². The van der Waals surface area contributed by atoms with Crippen molar-refractivity contribution < 1.29 is 34.2 Å². The normalized spacial score (nSPS) is 11.0. The molecular weight excluding hydrogens is 765 g/mol. The van der Waals surface area contributed by atoms with Gasteiger partial charge in [0.05, 0.1) is 18.3 Å². The molecule has 300 valence electrons. The number of benzene rings is 4. The number of nitrogens with one attached hydrogen (secondary N) is 5. The second-order valence-electron chi connectivity index (χ2n) is 13.5. The summed E-state index contributed by atoms with van der Waals surface area (Å²) in [6.07, 6.45) is 5.99. The number of carbonyl (C=O) groups is 3. The fourth-order valence-corrected chi connectivity index (χ4v) is 6.59. The predicted octanol–water partition coefficient (Wildman–Crippen LogP) is 5.73. The maximum absolute atomic E-state index is 12.6. The molecule has 1 aliphatic carbocycles. The van der Waals surface area contributed by atoms with Gasteiger partial charge in [-0.25, -0.2) is 10.3 Å². The highest BCUT2D eigenvalue weighted by Gasteiger charge is 2.22. The molecule has 2 heterocycles. The van der Waals surface area contributed by atoms with Crippen molar-refractivity contribution in [3.63, 3.8) is 0 Å². The number of carboxylic acid groups (broad SMARTS) is 1. The lowest BCUT2D eigenvalue weighted by Crippen LogP contribution is -2.29. The zero-order chi connectivity index (χ0) is 41.0. The first kappa shape index (κ1) is 40.8. The van der Waals surface area contributed by atoms with E-state index in [9.17, 15) is 29.4 Å². The summed E-state index contributed by atoms with van der Waals surface area (Å²) < 4.78 is 7.64. The van der Waals surface area contributed by atoms with Crippen LogP contribution in [-0.4, -0.2) is 66.4 Å². The Kier molecular flexibility index (Phi) is 13.6. The first-order valence-corrected chi connectivity index (χ1v) is 19.0. The Morgan fingerprint density at radius 1 is 0.828 bits per heavy atom. The Morgan fingerprint density at radius 2 is 1.59 bits per heavy atom. The number of rotatable bonds is 18. The Labute approximate surface area is 337 Å². The largest absolute Gasteiger partial charge is 0.508 e. The predicted molar refractivity (Wildman–Crippen MR) is 221 cm³/mol. The molecule has 0 bridgehead atoms. The van der Waals surface area contributed by atoms with Crippen LogP contribution in [0.25, 0.3) is 33.4 Å². The molecule has 16 nitrogen and oxygen atoms in total. The number of aromatic nitrogens is 3. The third-order valence-electron chi connectivity index (χ3n) is 9.25. The number of phenolic OH excluding ortho intramolecular Hbond substituents is 1. The van der Waals surface area contributed by atoms with Gasteiger partial charge in [0.25, 0.3) is 5.91 Å². The van der Waals surface area contributed by atoms with Crippen LogP contribution < -0.4 is 32.2 Å². The number of unbranched alkanes of at least 4 members (excludes halogenated alkanes) is 3. The number of phenols is 1. The minimum Gasteiger partial charge on any atom is -0.508 e. The molecule has 1 aromatic heterocycles. The maximum Gasteiger partial charge on any atom is 0.336 e. The Morgan fingerprint density at radius 3 is 2.38 bits per heavy atom. The fourth-order valence-electron chi connectivity index (χ4n) is 6.37. The third-order valence-corrected chi connectivity index (χ3v) is 9.50. The van der Waals surface area contributed by atoms with Crippen LogP contribution in [0.1, 0.15) is 64.9 Å². The number of nitrogens with zero attached hydrogens (tertiary/aromatic N) is 3. The highest BCUT2D eigenvalue weighted by molar-refractivity contribution is 7.80. The van der Waals surface area contributed by atoms with Gasteiger partial charge in [0.1, 0.15) is 22.8 Å². The zero-order valence-electron chi connectivity index (χ0n) is 31.3. The van der Waals surface area contributed by atoms with Crippen molar-refractivity contribution in [3.8, 4) is 28.2 Å². The van der Waals surface area contributed by atoms with Crippen molar-refractivity contribution in [2.75, 3.05) is 23.7 Å². The van der Waals surface area contributed by atoms with Crippen LogP contribution in [0, 0.1) is 0 Å². The first-order chi connectivity index (χ1) is 28.1. The molecule has 4 aromatic rings. The molecule has 17 heteroatoms. The Bertz CT molecular complexity index is 2450. The van der Waals surface area contributed by atoms with Crippen molar-refractivity contribution in [3.05, 3.63) is 112 Å². The molecule has 6 rings (SSSR count). The molecule has 0 radical (unpaired) electrons. The van der Waals surface area contributed by atoms with E-state index in [0.29, 0.717) is 83.0 Å². The lowest BCUT2D eigenvalue weighted by atomic mass is 9.90. The molecule has 2 aliphatic rings. The second-order valence-corrected chi connectivity index (χ2v) is 13.9. The third kappa shape index (κ3) is 10.7. The Hall–Kier alpha value is -6.85. The summed E-state index contributed by atoms with van der Waals surface area (Å²) in [5.74, 6) is -1.48. The standard InChI is InChI=1S/C41H42N8O8S/c50-29-12-15-32-35(21-29)57-36-22-30(51)13-16-33(36)38(32)31-14-11-27(20-34(31)40(54)55)45-41(58)43-18-5-19-49-24-28(46-48-49)23-44-26-9-7-25(8-10-26)39(53)42-17-4-2-1-3-6-37(52)47-56/h7-16,20-22,24,44,50,56H,1-6,17-19,23H2,(H,42,53)(H,47,52)(H,54,55)(H2,43,45,58). The minimum absolute atomic E-state index is 0.00186. The highest BCUT2D eigenvalue weighted by Crippen LogP contribution is 2.42. The average molecular weight is 807 g/mol. The van der Waals surface area contributed by atoms with Crippen molar-refractivity contribution in [1.29, 1.82) is 0 Å².